The van der Waals surface area contributed by atoms with Gasteiger partial charge in [-0.15, -0.1) is 11.3 Å². The number of hydrogen-bond donors (Lipinski definition) is 2. The van der Waals surface area contributed by atoms with Gasteiger partial charge in [0.15, 0.2) is 0 Å². The molecule has 1 atom stereocenters. The number of aryl methyl sites for hydroxylation is 2. The third-order valence-electron chi connectivity index (χ3n) is 4.51. The SMILES string of the molecule is Cc1ncsc1CCCNC(=O)Cn1nccc1[C@@H]1CCCNC1. The van der Waals surface area contributed by atoms with E-state index in [9.17, 15) is 4.79 Å². The Balaban J connectivity index is 1.43. The van der Waals surface area contributed by atoms with Crippen molar-refractivity contribution in [1.82, 2.24) is 25.4 Å². The van der Waals surface area contributed by atoms with Gasteiger partial charge in [-0.1, -0.05) is 0 Å². The van der Waals surface area contributed by atoms with Crippen LogP contribution in [0.4, 0.5) is 0 Å². The van der Waals surface area contributed by atoms with Crippen LogP contribution in [-0.4, -0.2) is 40.3 Å². The van der Waals surface area contributed by atoms with Crippen LogP contribution >= 0.6 is 11.3 Å². The molecule has 0 bridgehead atoms. The van der Waals surface area contributed by atoms with Crippen molar-refractivity contribution in [3.05, 3.63) is 34.0 Å². The standard InChI is InChI=1S/C17H25N5OS/c1-13-16(24-12-20-13)5-3-8-19-17(23)11-22-15(6-9-21-22)14-4-2-7-18-10-14/h6,9,12,14,18H,2-5,7-8,10-11H2,1H3,(H,19,23)/t14-/m1/s1. The van der Waals surface area contributed by atoms with E-state index in [1.54, 1.807) is 17.5 Å². The summed E-state index contributed by atoms with van der Waals surface area (Å²) >= 11 is 1.69. The van der Waals surface area contributed by atoms with Gasteiger partial charge in [-0.25, -0.2) is 4.98 Å². The zero-order chi connectivity index (χ0) is 16.8. The summed E-state index contributed by atoms with van der Waals surface area (Å²) in [5, 5.41) is 10.8. The molecule has 1 fully saturated rings. The minimum absolute atomic E-state index is 0.0322. The number of carbonyl (C=O) groups excluding carboxylic acids is 1. The molecule has 1 aliphatic heterocycles. The van der Waals surface area contributed by atoms with Crippen molar-refractivity contribution in [1.29, 1.82) is 0 Å². The maximum Gasteiger partial charge on any atom is 0.241 e. The molecule has 1 saturated heterocycles. The number of nitrogens with zero attached hydrogens (tertiary/aromatic N) is 3. The molecule has 24 heavy (non-hydrogen) atoms. The summed E-state index contributed by atoms with van der Waals surface area (Å²) in [6.45, 7) is 5.09. The van der Waals surface area contributed by atoms with Gasteiger partial charge in [-0.3, -0.25) is 9.48 Å². The molecular weight excluding hydrogens is 322 g/mol. The minimum atomic E-state index is 0.0322. The largest absolute Gasteiger partial charge is 0.354 e. The zero-order valence-electron chi connectivity index (χ0n) is 14.1. The van der Waals surface area contributed by atoms with Crippen LogP contribution in [0.25, 0.3) is 0 Å². The zero-order valence-corrected chi connectivity index (χ0v) is 14.9. The summed E-state index contributed by atoms with van der Waals surface area (Å²) in [6.07, 6.45) is 6.04. The van der Waals surface area contributed by atoms with Crippen molar-refractivity contribution in [3.8, 4) is 0 Å². The van der Waals surface area contributed by atoms with Crippen molar-refractivity contribution in [2.45, 2.75) is 45.1 Å². The summed E-state index contributed by atoms with van der Waals surface area (Å²) < 4.78 is 1.85. The van der Waals surface area contributed by atoms with Crippen molar-refractivity contribution in [3.63, 3.8) is 0 Å². The fraction of sp³-hybridized carbons (Fsp3) is 0.588. The van der Waals surface area contributed by atoms with Crippen molar-refractivity contribution in [2.75, 3.05) is 19.6 Å². The fourth-order valence-electron chi connectivity index (χ4n) is 3.16. The van der Waals surface area contributed by atoms with Gasteiger partial charge in [0.1, 0.15) is 6.54 Å². The summed E-state index contributed by atoms with van der Waals surface area (Å²) in [5.74, 6) is 0.494. The van der Waals surface area contributed by atoms with Crippen LogP contribution in [0, 0.1) is 6.92 Å². The van der Waals surface area contributed by atoms with Crippen LogP contribution in [0.15, 0.2) is 17.8 Å². The molecule has 0 unspecified atom stereocenters. The Hall–Kier alpha value is -1.73. The number of piperidine rings is 1. The van der Waals surface area contributed by atoms with Gasteiger partial charge in [0.05, 0.1) is 11.2 Å². The molecule has 1 aliphatic rings. The minimum Gasteiger partial charge on any atom is -0.354 e. The maximum absolute atomic E-state index is 12.2. The number of nitrogens with one attached hydrogen (secondary N) is 2. The molecule has 2 N–H and O–H groups in total. The average Bonchev–Trinajstić information content (AvgIpc) is 3.21. The Bertz CT molecular complexity index is 659. The van der Waals surface area contributed by atoms with Crippen LogP contribution in [0.1, 0.15) is 41.4 Å². The van der Waals surface area contributed by atoms with Crippen molar-refractivity contribution >= 4 is 17.2 Å². The number of thiazole rings is 1. The number of rotatable bonds is 7. The van der Waals surface area contributed by atoms with Crippen LogP contribution in [0.3, 0.4) is 0 Å². The summed E-state index contributed by atoms with van der Waals surface area (Å²) in [6, 6.07) is 2.04. The summed E-state index contributed by atoms with van der Waals surface area (Å²) in [5.41, 5.74) is 4.15. The number of aromatic nitrogens is 3. The lowest BCUT2D eigenvalue weighted by molar-refractivity contribution is -0.121. The van der Waals surface area contributed by atoms with Gasteiger partial charge < -0.3 is 10.6 Å². The lowest BCUT2D eigenvalue weighted by Crippen LogP contribution is -2.32. The molecule has 3 heterocycles. The fourth-order valence-corrected chi connectivity index (χ4v) is 3.98. The second kappa shape index (κ2) is 8.39. The van der Waals surface area contributed by atoms with E-state index in [2.05, 4.69) is 20.7 Å². The highest BCUT2D eigenvalue weighted by molar-refractivity contribution is 7.09. The summed E-state index contributed by atoms with van der Waals surface area (Å²) in [7, 11) is 0. The Morgan fingerprint density at radius 1 is 1.54 bits per heavy atom. The Labute approximate surface area is 146 Å². The second-order valence-corrected chi connectivity index (χ2v) is 7.21. The van der Waals surface area contributed by atoms with Crippen LogP contribution in [0.2, 0.25) is 0 Å². The van der Waals surface area contributed by atoms with Crippen molar-refractivity contribution < 1.29 is 4.79 Å². The van der Waals surface area contributed by atoms with E-state index >= 15 is 0 Å². The molecule has 2 aromatic rings. The van der Waals surface area contributed by atoms with E-state index in [1.165, 1.54) is 11.3 Å². The first kappa shape index (κ1) is 17.1. The molecule has 7 heteroatoms. The monoisotopic (exact) mass is 347 g/mol. The second-order valence-electron chi connectivity index (χ2n) is 6.27. The van der Waals surface area contributed by atoms with Gasteiger partial charge in [0.2, 0.25) is 5.91 Å². The van der Waals surface area contributed by atoms with E-state index < -0.39 is 0 Å². The molecule has 0 saturated carbocycles. The van der Waals surface area contributed by atoms with Gasteiger partial charge in [0.25, 0.3) is 0 Å². The maximum atomic E-state index is 12.2. The number of hydrogen-bond acceptors (Lipinski definition) is 5. The third kappa shape index (κ3) is 4.42. The lowest BCUT2D eigenvalue weighted by atomic mass is 9.96. The normalized spacial score (nSPS) is 17.8. The highest BCUT2D eigenvalue weighted by atomic mass is 32.1. The highest BCUT2D eigenvalue weighted by Gasteiger charge is 2.19. The topological polar surface area (TPSA) is 71.8 Å². The van der Waals surface area contributed by atoms with Gasteiger partial charge in [-0.05, 0) is 45.2 Å². The Morgan fingerprint density at radius 2 is 2.46 bits per heavy atom. The van der Waals surface area contributed by atoms with E-state index in [0.29, 0.717) is 19.0 Å². The van der Waals surface area contributed by atoms with E-state index in [0.717, 1.165) is 43.7 Å². The third-order valence-corrected chi connectivity index (χ3v) is 5.50. The van der Waals surface area contributed by atoms with Crippen LogP contribution in [-0.2, 0) is 17.8 Å². The van der Waals surface area contributed by atoms with E-state index in [4.69, 9.17) is 0 Å². The van der Waals surface area contributed by atoms with Crippen LogP contribution < -0.4 is 10.6 Å². The quantitative estimate of drug-likeness (QED) is 0.750. The van der Waals surface area contributed by atoms with Crippen LogP contribution in [0.5, 0.6) is 0 Å². The first-order valence-corrected chi connectivity index (χ1v) is 9.50. The van der Waals surface area contributed by atoms with E-state index in [1.807, 2.05) is 23.2 Å². The molecule has 6 nitrogen and oxygen atoms in total. The van der Waals surface area contributed by atoms with Gasteiger partial charge in [-0.2, -0.15) is 5.10 Å². The molecule has 3 rings (SSSR count). The highest BCUT2D eigenvalue weighted by Crippen LogP contribution is 2.22. The average molecular weight is 347 g/mol. The lowest BCUT2D eigenvalue weighted by Gasteiger charge is -2.23. The molecule has 0 aromatic carbocycles. The van der Waals surface area contributed by atoms with Gasteiger partial charge in [0, 0.05) is 35.8 Å². The molecule has 130 valence electrons. The molecule has 2 aromatic heterocycles. The molecule has 0 aliphatic carbocycles. The Kier molecular flexibility index (Phi) is 5.98. The molecule has 0 radical (unpaired) electrons. The summed E-state index contributed by atoms with van der Waals surface area (Å²) in [4.78, 5) is 17.7. The number of amides is 1. The smallest absolute Gasteiger partial charge is 0.241 e. The first-order valence-electron chi connectivity index (χ1n) is 8.62. The molecule has 1 amide bonds. The Morgan fingerprint density at radius 3 is 3.21 bits per heavy atom. The predicted octanol–water partition coefficient (Wildman–Crippen LogP) is 1.86. The predicted molar refractivity (Wildman–Crippen MR) is 95.3 cm³/mol. The van der Waals surface area contributed by atoms with Crippen molar-refractivity contribution in [2.24, 2.45) is 0 Å². The first-order chi connectivity index (χ1) is 11.7. The molecular formula is C17H25N5OS. The number of carbonyl (C=O) groups is 1. The van der Waals surface area contributed by atoms with E-state index in [-0.39, 0.29) is 5.91 Å². The van der Waals surface area contributed by atoms with Gasteiger partial charge >= 0.3 is 0 Å². The molecule has 0 spiro atoms.